The van der Waals surface area contributed by atoms with E-state index in [4.69, 9.17) is 4.74 Å². The van der Waals surface area contributed by atoms with E-state index in [1.54, 1.807) is 18.5 Å². The molecule has 1 atom stereocenters. The van der Waals surface area contributed by atoms with Crippen LogP contribution < -0.4 is 5.32 Å². The standard InChI is InChI=1S/C10H15N3O4S2/c1-10(8(14)12-9-11-3-6-18-9)7-13(4-5-17-10)19(2,15)16/h3,6H,4-5,7H2,1-2H3,(H,11,12,14). The van der Waals surface area contributed by atoms with Crippen molar-refractivity contribution in [2.45, 2.75) is 12.5 Å². The summed E-state index contributed by atoms with van der Waals surface area (Å²) in [7, 11) is -3.33. The number of carbonyl (C=O) groups excluding carboxylic acids is 1. The van der Waals surface area contributed by atoms with E-state index in [-0.39, 0.29) is 19.7 Å². The van der Waals surface area contributed by atoms with Gasteiger partial charge < -0.3 is 4.74 Å². The average molecular weight is 305 g/mol. The quantitative estimate of drug-likeness (QED) is 0.857. The van der Waals surface area contributed by atoms with Gasteiger partial charge in [-0.15, -0.1) is 11.3 Å². The lowest BCUT2D eigenvalue weighted by Gasteiger charge is -2.37. The van der Waals surface area contributed by atoms with Crippen LogP contribution in [-0.2, 0) is 19.6 Å². The van der Waals surface area contributed by atoms with Gasteiger partial charge in [0.1, 0.15) is 0 Å². The molecule has 1 N–H and O–H groups in total. The van der Waals surface area contributed by atoms with Crippen molar-refractivity contribution >= 4 is 32.4 Å². The molecule has 7 nitrogen and oxygen atoms in total. The third kappa shape index (κ3) is 3.30. The molecule has 19 heavy (non-hydrogen) atoms. The molecule has 1 aromatic rings. The van der Waals surface area contributed by atoms with Gasteiger partial charge in [0.05, 0.1) is 19.4 Å². The maximum atomic E-state index is 12.2. The molecule has 2 rings (SSSR count). The largest absolute Gasteiger partial charge is 0.363 e. The summed E-state index contributed by atoms with van der Waals surface area (Å²) in [6.07, 6.45) is 2.70. The van der Waals surface area contributed by atoms with Crippen LogP contribution in [0.3, 0.4) is 0 Å². The minimum absolute atomic E-state index is 0.00302. The van der Waals surface area contributed by atoms with Crippen LogP contribution in [0.25, 0.3) is 0 Å². The van der Waals surface area contributed by atoms with Crippen LogP contribution in [0.1, 0.15) is 6.92 Å². The van der Waals surface area contributed by atoms with Crippen molar-refractivity contribution in [3.8, 4) is 0 Å². The van der Waals surface area contributed by atoms with Gasteiger partial charge in [0.25, 0.3) is 5.91 Å². The molecule has 0 bridgehead atoms. The maximum Gasteiger partial charge on any atom is 0.259 e. The SMILES string of the molecule is CC1(C(=O)Nc2nccs2)CN(S(C)(=O)=O)CCO1. The number of hydrogen-bond donors (Lipinski definition) is 1. The van der Waals surface area contributed by atoms with Crippen molar-refractivity contribution in [1.29, 1.82) is 0 Å². The van der Waals surface area contributed by atoms with Crippen LogP contribution >= 0.6 is 11.3 Å². The molecule has 1 aliphatic heterocycles. The van der Waals surface area contributed by atoms with E-state index in [0.29, 0.717) is 5.13 Å². The Morgan fingerprint density at radius 3 is 2.95 bits per heavy atom. The van der Waals surface area contributed by atoms with Crippen molar-refractivity contribution in [3.63, 3.8) is 0 Å². The Labute approximate surface area is 115 Å². The van der Waals surface area contributed by atoms with E-state index in [2.05, 4.69) is 10.3 Å². The normalized spacial score (nSPS) is 25.2. The summed E-state index contributed by atoms with van der Waals surface area (Å²) >= 11 is 1.29. The number of nitrogens with one attached hydrogen (secondary N) is 1. The van der Waals surface area contributed by atoms with Gasteiger partial charge >= 0.3 is 0 Å². The molecule has 0 radical (unpaired) electrons. The van der Waals surface area contributed by atoms with Crippen LogP contribution in [0.5, 0.6) is 0 Å². The second-order valence-corrected chi connectivity index (χ2v) is 7.34. The Balaban J connectivity index is 2.11. The molecule has 1 aliphatic rings. The zero-order valence-corrected chi connectivity index (χ0v) is 12.3. The lowest BCUT2D eigenvalue weighted by Crippen LogP contribution is -2.57. The van der Waals surface area contributed by atoms with E-state index in [1.807, 2.05) is 0 Å². The van der Waals surface area contributed by atoms with E-state index in [0.717, 1.165) is 6.26 Å². The molecule has 1 unspecified atom stereocenters. The summed E-state index contributed by atoms with van der Waals surface area (Å²) in [5.74, 6) is -0.393. The minimum atomic E-state index is -3.33. The molecule has 1 aromatic heterocycles. The Morgan fingerprint density at radius 1 is 1.63 bits per heavy atom. The van der Waals surface area contributed by atoms with Gasteiger partial charge in [0.15, 0.2) is 10.7 Å². The number of morpholine rings is 1. The third-order valence-electron chi connectivity index (χ3n) is 2.84. The van der Waals surface area contributed by atoms with E-state index < -0.39 is 21.5 Å². The highest BCUT2D eigenvalue weighted by Gasteiger charge is 2.42. The van der Waals surface area contributed by atoms with E-state index in [1.165, 1.54) is 15.6 Å². The monoisotopic (exact) mass is 305 g/mol. The highest BCUT2D eigenvalue weighted by molar-refractivity contribution is 7.88. The topological polar surface area (TPSA) is 88.6 Å². The maximum absolute atomic E-state index is 12.2. The zero-order valence-electron chi connectivity index (χ0n) is 10.6. The van der Waals surface area contributed by atoms with Crippen LogP contribution in [0.2, 0.25) is 0 Å². The van der Waals surface area contributed by atoms with Gasteiger partial charge in [-0.1, -0.05) is 0 Å². The van der Waals surface area contributed by atoms with Gasteiger partial charge in [-0.05, 0) is 6.92 Å². The minimum Gasteiger partial charge on any atom is -0.363 e. The van der Waals surface area contributed by atoms with E-state index >= 15 is 0 Å². The number of nitrogens with zero attached hydrogens (tertiary/aromatic N) is 2. The highest BCUT2D eigenvalue weighted by Crippen LogP contribution is 2.22. The third-order valence-corrected chi connectivity index (χ3v) is 4.78. The summed E-state index contributed by atoms with van der Waals surface area (Å²) < 4.78 is 29.8. The van der Waals surface area contributed by atoms with Gasteiger partial charge in [-0.3, -0.25) is 10.1 Å². The molecule has 0 saturated carbocycles. The predicted octanol–water partition coefficient (Wildman–Crippen LogP) is 0.132. The highest BCUT2D eigenvalue weighted by atomic mass is 32.2. The Hall–Kier alpha value is -1.03. The first-order valence-electron chi connectivity index (χ1n) is 5.61. The number of aromatic nitrogens is 1. The van der Waals surface area contributed by atoms with Crippen LogP contribution in [-0.4, -0.2) is 55.2 Å². The van der Waals surface area contributed by atoms with Crippen molar-refractivity contribution in [3.05, 3.63) is 11.6 Å². The van der Waals surface area contributed by atoms with Gasteiger partial charge in [-0.25, -0.2) is 13.4 Å². The Morgan fingerprint density at radius 2 is 2.37 bits per heavy atom. The Kier molecular flexibility index (Phi) is 3.90. The molecule has 0 aromatic carbocycles. The van der Waals surface area contributed by atoms with Crippen LogP contribution in [0.4, 0.5) is 5.13 Å². The average Bonchev–Trinajstić information content (AvgIpc) is 2.80. The molecule has 0 aliphatic carbocycles. The van der Waals surface area contributed by atoms with Crippen LogP contribution in [0.15, 0.2) is 11.6 Å². The summed E-state index contributed by atoms with van der Waals surface area (Å²) in [6.45, 7) is 2.03. The second kappa shape index (κ2) is 5.16. The first kappa shape index (κ1) is 14.4. The van der Waals surface area contributed by atoms with Crippen molar-refractivity contribution in [2.75, 3.05) is 31.3 Å². The molecular weight excluding hydrogens is 290 g/mol. The zero-order chi connectivity index (χ0) is 14.1. The van der Waals surface area contributed by atoms with Crippen molar-refractivity contribution in [2.24, 2.45) is 0 Å². The van der Waals surface area contributed by atoms with Gasteiger partial charge in [0.2, 0.25) is 10.0 Å². The predicted molar refractivity (Wildman–Crippen MR) is 71.5 cm³/mol. The van der Waals surface area contributed by atoms with Crippen molar-refractivity contribution < 1.29 is 17.9 Å². The number of amides is 1. The summed E-state index contributed by atoms with van der Waals surface area (Å²) in [6, 6.07) is 0. The first-order valence-corrected chi connectivity index (χ1v) is 8.34. The number of hydrogen-bond acceptors (Lipinski definition) is 6. The number of anilines is 1. The van der Waals surface area contributed by atoms with Crippen LogP contribution in [0, 0.1) is 0 Å². The molecule has 1 saturated heterocycles. The number of carbonyl (C=O) groups is 1. The first-order chi connectivity index (χ1) is 8.81. The summed E-state index contributed by atoms with van der Waals surface area (Å²) in [5, 5.41) is 4.83. The van der Waals surface area contributed by atoms with E-state index in [9.17, 15) is 13.2 Å². The molecule has 0 spiro atoms. The number of ether oxygens (including phenoxy) is 1. The number of rotatable bonds is 3. The number of thiazole rings is 1. The fourth-order valence-corrected chi connectivity index (χ4v) is 3.18. The smallest absolute Gasteiger partial charge is 0.259 e. The Bertz CT molecular complexity index is 557. The molecule has 106 valence electrons. The summed E-state index contributed by atoms with van der Waals surface area (Å²) in [5.41, 5.74) is -1.20. The molecule has 2 heterocycles. The lowest BCUT2D eigenvalue weighted by molar-refractivity contribution is -0.146. The van der Waals surface area contributed by atoms with Gasteiger partial charge in [-0.2, -0.15) is 4.31 Å². The van der Waals surface area contributed by atoms with Gasteiger partial charge in [0, 0.05) is 18.1 Å². The molecule has 1 fully saturated rings. The fraction of sp³-hybridized carbons (Fsp3) is 0.600. The molecule has 1 amide bonds. The fourth-order valence-electron chi connectivity index (χ4n) is 1.77. The summed E-state index contributed by atoms with van der Waals surface area (Å²) in [4.78, 5) is 16.1. The molecular formula is C10H15N3O4S2. The second-order valence-electron chi connectivity index (χ2n) is 4.47. The lowest BCUT2D eigenvalue weighted by atomic mass is 10.0. The van der Waals surface area contributed by atoms with Crippen molar-refractivity contribution in [1.82, 2.24) is 9.29 Å². The molecule has 9 heteroatoms. The number of sulfonamides is 1.